The van der Waals surface area contributed by atoms with Gasteiger partial charge in [-0.1, -0.05) is 48.5 Å². The lowest BCUT2D eigenvalue weighted by molar-refractivity contribution is -0.121. The predicted molar refractivity (Wildman–Crippen MR) is 201 cm³/mol. The van der Waals surface area contributed by atoms with E-state index in [1.165, 1.54) is 47.2 Å². The maximum Gasteiger partial charge on any atom is 0.413 e. The molecule has 0 aliphatic heterocycles. The van der Waals surface area contributed by atoms with Gasteiger partial charge in [0.05, 0.1) is 17.5 Å². The Morgan fingerprint density at radius 3 is 2.33 bits per heavy atom. The third-order valence-corrected chi connectivity index (χ3v) is 7.92. The lowest BCUT2D eigenvalue weighted by atomic mass is 10.1. The summed E-state index contributed by atoms with van der Waals surface area (Å²) in [5.74, 6) is -2.09. The van der Waals surface area contributed by atoms with Crippen LogP contribution in [0.15, 0.2) is 102 Å². The zero-order chi connectivity index (χ0) is 38.8. The molecule has 0 unspecified atom stereocenters. The fourth-order valence-corrected chi connectivity index (χ4v) is 5.29. The number of amidine groups is 1. The average Bonchev–Trinajstić information content (AvgIpc) is 3.14. The van der Waals surface area contributed by atoms with Crippen molar-refractivity contribution in [3.05, 3.63) is 141 Å². The molecule has 0 saturated carbocycles. The Morgan fingerprint density at radius 1 is 0.926 bits per heavy atom. The molecule has 5 rings (SSSR count). The highest BCUT2D eigenvalue weighted by atomic mass is 19.1. The van der Waals surface area contributed by atoms with Crippen LogP contribution in [0.3, 0.4) is 0 Å². The molecule has 14 nitrogen and oxygen atoms in total. The first-order valence-electron chi connectivity index (χ1n) is 16.8. The minimum atomic E-state index is -0.864. The van der Waals surface area contributed by atoms with E-state index in [0.717, 1.165) is 5.56 Å². The molecule has 0 spiro atoms. The molecule has 0 saturated heterocycles. The van der Waals surface area contributed by atoms with Crippen molar-refractivity contribution >= 4 is 35.2 Å². The van der Waals surface area contributed by atoms with Gasteiger partial charge in [0.15, 0.2) is 5.82 Å². The summed E-state index contributed by atoms with van der Waals surface area (Å²) in [6.07, 6.45) is 0.544. The molecule has 0 bridgehead atoms. The Bertz CT molecular complexity index is 2230. The maximum atomic E-state index is 13.7. The molecule has 0 fully saturated rings. The number of nitrogen functional groups attached to an aromatic ring is 1. The summed E-state index contributed by atoms with van der Waals surface area (Å²) >= 11 is 0. The number of anilines is 2. The number of amides is 3. The van der Waals surface area contributed by atoms with Crippen molar-refractivity contribution in [2.45, 2.75) is 46.1 Å². The van der Waals surface area contributed by atoms with E-state index in [2.05, 4.69) is 26.3 Å². The van der Waals surface area contributed by atoms with Crippen LogP contribution in [0.2, 0.25) is 0 Å². The number of alkyl carbamates (subject to hydrolysis) is 1. The van der Waals surface area contributed by atoms with Crippen LogP contribution >= 0.6 is 0 Å². The summed E-state index contributed by atoms with van der Waals surface area (Å²) in [5, 5.41) is 29.6. The lowest BCUT2D eigenvalue weighted by Crippen LogP contribution is -2.35. The normalized spacial score (nSPS) is 10.7. The van der Waals surface area contributed by atoms with Crippen LogP contribution in [-0.4, -0.2) is 44.4 Å². The highest BCUT2D eigenvalue weighted by Crippen LogP contribution is 2.24. The first kappa shape index (κ1) is 38.2. The van der Waals surface area contributed by atoms with Gasteiger partial charge in [0, 0.05) is 35.9 Å². The molecule has 5 aromatic rings. The minimum absolute atomic E-state index is 0.00483. The smallest absolute Gasteiger partial charge is 0.413 e. The van der Waals surface area contributed by atoms with Crippen LogP contribution in [0, 0.1) is 11.2 Å². The molecule has 1 heterocycles. The first-order valence-corrected chi connectivity index (χ1v) is 16.8. The number of carbonyl (C=O) groups excluding carboxylic acids is 3. The Hall–Kier alpha value is -7.03. The third kappa shape index (κ3) is 10.3. The molecule has 278 valence electrons. The number of phenolic OH excluding ortho intramolecular Hbond substituents is 1. The lowest BCUT2D eigenvalue weighted by Gasteiger charge is -2.17. The van der Waals surface area contributed by atoms with Gasteiger partial charge in [-0.15, -0.1) is 0 Å². The molecule has 3 amide bonds. The monoisotopic (exact) mass is 734 g/mol. The molecular weight excluding hydrogens is 695 g/mol. The van der Waals surface area contributed by atoms with Gasteiger partial charge in [0.25, 0.3) is 11.5 Å². The minimum Gasteiger partial charge on any atom is -0.507 e. The van der Waals surface area contributed by atoms with Crippen molar-refractivity contribution in [3.63, 3.8) is 0 Å². The maximum absolute atomic E-state index is 13.7. The van der Waals surface area contributed by atoms with Gasteiger partial charge in [-0.2, -0.15) is 0 Å². The Balaban J connectivity index is 1.28. The van der Waals surface area contributed by atoms with Crippen molar-refractivity contribution in [2.24, 2.45) is 0 Å². The fraction of sp³-hybridized carbons (Fsp3) is 0.179. The zero-order valence-corrected chi connectivity index (χ0v) is 29.5. The van der Waals surface area contributed by atoms with E-state index in [1.807, 2.05) is 19.9 Å². The van der Waals surface area contributed by atoms with E-state index in [4.69, 9.17) is 15.9 Å². The number of nitrogens with one attached hydrogen (secondary N) is 5. The molecule has 54 heavy (non-hydrogen) atoms. The average molecular weight is 735 g/mol. The highest BCUT2D eigenvalue weighted by Gasteiger charge is 2.19. The number of ether oxygens (including phenoxy) is 1. The third-order valence-electron chi connectivity index (χ3n) is 7.92. The van der Waals surface area contributed by atoms with Gasteiger partial charge in [0.1, 0.15) is 30.6 Å². The summed E-state index contributed by atoms with van der Waals surface area (Å²) in [6.45, 7) is 3.32. The van der Waals surface area contributed by atoms with Gasteiger partial charge in [0.2, 0.25) is 5.91 Å². The number of aromatic hydroxyl groups is 1. The van der Waals surface area contributed by atoms with Gasteiger partial charge in [-0.05, 0) is 73.0 Å². The summed E-state index contributed by atoms with van der Waals surface area (Å²) in [7, 11) is 0. The van der Waals surface area contributed by atoms with E-state index < -0.39 is 35.8 Å². The number of benzene rings is 4. The number of phenols is 1. The number of rotatable bonds is 13. The van der Waals surface area contributed by atoms with E-state index in [9.17, 15) is 28.7 Å². The number of nitrogens with zero attached hydrogens (tertiary/aromatic N) is 2. The van der Waals surface area contributed by atoms with Crippen molar-refractivity contribution in [1.29, 1.82) is 5.41 Å². The van der Waals surface area contributed by atoms with Crippen LogP contribution in [0.4, 0.5) is 20.7 Å². The molecule has 1 aromatic heterocycles. The number of hydrogen-bond donors (Lipinski definition) is 7. The fourth-order valence-electron chi connectivity index (χ4n) is 5.29. The van der Waals surface area contributed by atoms with Gasteiger partial charge < -0.3 is 31.5 Å². The van der Waals surface area contributed by atoms with E-state index in [-0.39, 0.29) is 65.6 Å². The summed E-state index contributed by atoms with van der Waals surface area (Å²) in [6, 6.07) is 23.4. The highest BCUT2D eigenvalue weighted by molar-refractivity contribution is 6.06. The SMILES string of the molecule is CC(C)Nc1ncc(-c2cc(N)cc(C(=O)NCc3ccc(F)cc3)c2)n(CC(=O)NCc2ccc(C(=N)NC(=O)OCc3ccccc3)c(O)c2)c1=O. The second kappa shape index (κ2) is 17.5. The predicted octanol–water partition coefficient (Wildman–Crippen LogP) is 4.66. The van der Waals surface area contributed by atoms with Crippen molar-refractivity contribution in [2.75, 3.05) is 11.1 Å². The molecule has 0 atom stereocenters. The van der Waals surface area contributed by atoms with Crippen molar-refractivity contribution in [1.82, 2.24) is 25.5 Å². The van der Waals surface area contributed by atoms with E-state index in [0.29, 0.717) is 16.7 Å². The van der Waals surface area contributed by atoms with Crippen LogP contribution in [0.25, 0.3) is 11.3 Å². The van der Waals surface area contributed by atoms with Gasteiger partial charge in [-0.25, -0.2) is 14.2 Å². The number of halogens is 1. The molecule has 0 radical (unpaired) electrons. The van der Waals surface area contributed by atoms with Crippen molar-refractivity contribution < 1.29 is 28.6 Å². The van der Waals surface area contributed by atoms with Crippen LogP contribution in [-0.2, 0) is 35.8 Å². The van der Waals surface area contributed by atoms with Crippen LogP contribution in [0.5, 0.6) is 5.75 Å². The van der Waals surface area contributed by atoms with Crippen LogP contribution < -0.4 is 32.6 Å². The first-order chi connectivity index (χ1) is 25.9. The molecule has 0 aliphatic carbocycles. The number of aromatic nitrogens is 2. The Morgan fingerprint density at radius 2 is 1.63 bits per heavy atom. The molecule has 4 aromatic carbocycles. The van der Waals surface area contributed by atoms with E-state index >= 15 is 0 Å². The summed E-state index contributed by atoms with van der Waals surface area (Å²) < 4.78 is 19.6. The molecule has 8 N–H and O–H groups in total. The Kier molecular flexibility index (Phi) is 12.4. The number of hydrogen-bond acceptors (Lipinski definition) is 10. The van der Waals surface area contributed by atoms with Crippen LogP contribution in [0.1, 0.15) is 46.5 Å². The Labute approximate surface area is 309 Å². The molecule has 0 aliphatic rings. The van der Waals surface area contributed by atoms with E-state index in [1.54, 1.807) is 48.5 Å². The van der Waals surface area contributed by atoms with Gasteiger partial charge >= 0.3 is 6.09 Å². The standard InChI is InChI=1S/C39H39FN8O6/c1-23(2)46-36-38(52)48(32(20-44-36)27-15-28(17-30(41)16-27)37(51)45-18-24-8-11-29(40)12-9-24)21-34(50)43-19-26-10-13-31(33(49)14-26)35(42)47-39(53)54-22-25-6-4-3-5-7-25/h3-17,20,23,49H,18-19,21-22,41H2,1-2H3,(H,43,50)(H,44,46)(H,45,51)(H2,42,47,53). The molecular formula is C39H39FN8O6. The number of nitrogens with two attached hydrogens (primary N) is 1. The topological polar surface area (TPSA) is 214 Å². The quantitative estimate of drug-likeness (QED) is 0.0509. The van der Waals surface area contributed by atoms with Crippen molar-refractivity contribution in [3.8, 4) is 17.0 Å². The summed E-state index contributed by atoms with van der Waals surface area (Å²) in [5.41, 5.74) is 8.54. The zero-order valence-electron chi connectivity index (χ0n) is 29.5. The molecule has 15 heteroatoms. The number of carbonyl (C=O) groups is 3. The summed E-state index contributed by atoms with van der Waals surface area (Å²) in [4.78, 5) is 56.5. The largest absolute Gasteiger partial charge is 0.507 e. The second-order valence-electron chi connectivity index (χ2n) is 12.5. The second-order valence-corrected chi connectivity index (χ2v) is 12.5. The van der Waals surface area contributed by atoms with Gasteiger partial charge in [-0.3, -0.25) is 29.7 Å².